The molecule has 0 aromatic carbocycles. The molecule has 0 aliphatic carbocycles. The van der Waals surface area contributed by atoms with Gasteiger partial charge in [0.2, 0.25) is 11.8 Å². The molecule has 0 spiro atoms. The minimum absolute atomic E-state index is 0.303. The number of nitrogens with zero attached hydrogens (tertiary/aromatic N) is 1. The number of nitrogens with one attached hydrogen (secondary N) is 4. The van der Waals surface area contributed by atoms with E-state index in [2.05, 4.69) is 48.1 Å². The number of amides is 2. The van der Waals surface area contributed by atoms with Crippen LogP contribution in [0.3, 0.4) is 0 Å². The molecule has 0 rings (SSSR count). The largest absolute Gasteiger partial charge is 0.460 e. The van der Waals surface area contributed by atoms with E-state index in [1.54, 1.807) is 27.8 Å². The van der Waals surface area contributed by atoms with Crippen molar-refractivity contribution in [2.75, 3.05) is 26.7 Å². The number of esters is 1. The number of guanidine groups is 1. The number of hydrogen-bond acceptors (Lipinski definition) is 6. The highest BCUT2D eigenvalue weighted by atomic mass is 127. The Labute approximate surface area is 181 Å². The Kier molecular flexibility index (Phi) is 14.1. The van der Waals surface area contributed by atoms with E-state index in [1.807, 2.05) is 0 Å². The van der Waals surface area contributed by atoms with Crippen LogP contribution in [-0.4, -0.2) is 62.1 Å². The van der Waals surface area contributed by atoms with Crippen molar-refractivity contribution in [1.29, 1.82) is 0 Å². The average molecular weight is 530 g/mol. The number of nitrogens with two attached hydrogens (primary N) is 1. The number of ether oxygens (including phenoxy) is 1. The van der Waals surface area contributed by atoms with Gasteiger partial charge in [-0.15, -0.1) is 0 Å². The third-order valence-electron chi connectivity index (χ3n) is 3.19. The molecule has 0 aromatic rings. The first-order valence-corrected chi connectivity index (χ1v) is 13.0. The lowest BCUT2D eigenvalue weighted by Gasteiger charge is -2.21. The number of rotatable bonds is 12. The van der Waals surface area contributed by atoms with Gasteiger partial charge in [0.05, 0.1) is 6.37 Å². The zero-order valence-corrected chi connectivity index (χ0v) is 20.0. The molecule has 0 aliphatic rings. The zero-order valence-electron chi connectivity index (χ0n) is 16.9. The molecule has 0 fully saturated rings. The lowest BCUT2D eigenvalue weighted by atomic mass is 10.1. The molecule has 0 aliphatic heterocycles. The Morgan fingerprint density at radius 1 is 1.18 bits per heavy atom. The number of carbonyl (C=O) groups excluding carboxylic acids is 3. The van der Waals surface area contributed by atoms with Gasteiger partial charge in [0.15, 0.2) is 5.96 Å². The molecule has 2 amide bonds. The molecule has 0 heterocycles. The SMILES string of the molecule is CNCCNC(=O)[C@H](CCCN/C(N)=N/PI)NC(=O)CC(=O)OC(C)(C)C. The van der Waals surface area contributed by atoms with Crippen LogP contribution in [0.1, 0.15) is 40.0 Å². The van der Waals surface area contributed by atoms with E-state index in [0.29, 0.717) is 44.8 Å². The highest BCUT2D eigenvalue weighted by Crippen LogP contribution is 2.20. The molecule has 0 bridgehead atoms. The normalized spacial score (nSPS) is 13.2. The van der Waals surface area contributed by atoms with Crippen LogP contribution in [0.2, 0.25) is 0 Å². The summed E-state index contributed by atoms with van der Waals surface area (Å²) >= 11 is 2.11. The Balaban J connectivity index is 4.66. The van der Waals surface area contributed by atoms with Gasteiger partial charge in [0, 0.05) is 19.6 Å². The van der Waals surface area contributed by atoms with Gasteiger partial charge < -0.3 is 31.7 Å². The summed E-state index contributed by atoms with van der Waals surface area (Å²) in [5.41, 5.74) is 4.99. The number of likely N-dealkylation sites (N-methyl/N-ethyl adjacent to an activating group) is 1. The van der Waals surface area contributed by atoms with Crippen molar-refractivity contribution in [3.8, 4) is 0 Å². The summed E-state index contributed by atoms with van der Waals surface area (Å²) in [4.78, 5) is 36.3. The standard InChI is InChI=1S/C16H32IN6O4P/c1-16(2,3)27-13(25)10-12(24)22-11(14(26)20-9-8-19-4)6-5-7-21-15(18)23-28-17/h11,19,28H,5-10H2,1-4H3,(H,20,26)(H,22,24)(H3,18,21,23)/t11-/m0/s1. The molecule has 0 saturated carbocycles. The lowest BCUT2D eigenvalue weighted by molar-refractivity contribution is -0.156. The Bertz CT molecular complexity index is 542. The lowest BCUT2D eigenvalue weighted by Crippen LogP contribution is -2.48. The van der Waals surface area contributed by atoms with Crippen LogP contribution in [0, 0.1) is 0 Å². The van der Waals surface area contributed by atoms with Gasteiger partial charge in [0.25, 0.3) is 0 Å². The zero-order chi connectivity index (χ0) is 21.6. The smallest absolute Gasteiger partial charge is 0.315 e. The van der Waals surface area contributed by atoms with Crippen molar-refractivity contribution >= 4 is 52.2 Å². The molecule has 10 nitrogen and oxygen atoms in total. The maximum absolute atomic E-state index is 12.4. The van der Waals surface area contributed by atoms with E-state index in [9.17, 15) is 14.4 Å². The fraction of sp³-hybridized carbons (Fsp3) is 0.750. The van der Waals surface area contributed by atoms with Gasteiger partial charge in [-0.2, -0.15) is 0 Å². The van der Waals surface area contributed by atoms with Crippen LogP contribution in [0.15, 0.2) is 4.76 Å². The third-order valence-corrected chi connectivity index (χ3v) is 4.24. The third kappa shape index (κ3) is 14.8. The van der Waals surface area contributed by atoms with E-state index in [1.165, 1.54) is 0 Å². The monoisotopic (exact) mass is 530 g/mol. The first-order valence-electron chi connectivity index (χ1n) is 8.95. The maximum Gasteiger partial charge on any atom is 0.315 e. The van der Waals surface area contributed by atoms with Crippen LogP contribution in [0.4, 0.5) is 0 Å². The van der Waals surface area contributed by atoms with Gasteiger partial charge in [-0.1, -0.05) is 0 Å². The minimum Gasteiger partial charge on any atom is -0.460 e. The molecule has 28 heavy (non-hydrogen) atoms. The van der Waals surface area contributed by atoms with Gasteiger partial charge in [0.1, 0.15) is 18.1 Å². The average Bonchev–Trinajstić information content (AvgIpc) is 2.56. The van der Waals surface area contributed by atoms with Crippen molar-refractivity contribution in [2.24, 2.45) is 10.5 Å². The summed E-state index contributed by atoms with van der Waals surface area (Å²) in [6, 6.07) is -0.752. The minimum atomic E-state index is -0.752. The Morgan fingerprint density at radius 3 is 2.43 bits per heavy atom. The number of carbonyl (C=O) groups is 3. The molecule has 2 atom stereocenters. The van der Waals surface area contributed by atoms with E-state index in [-0.39, 0.29) is 5.91 Å². The molecule has 0 radical (unpaired) electrons. The van der Waals surface area contributed by atoms with Crippen LogP contribution < -0.4 is 27.0 Å². The summed E-state index contributed by atoms with van der Waals surface area (Å²) in [5, 5.41) is 11.2. The Hall–Kier alpha value is -1.20. The van der Waals surface area contributed by atoms with Crippen molar-refractivity contribution < 1.29 is 19.1 Å². The van der Waals surface area contributed by atoms with Gasteiger partial charge in [-0.3, -0.25) is 14.4 Å². The summed E-state index contributed by atoms with van der Waals surface area (Å²) in [6.45, 7) is 6.72. The maximum atomic E-state index is 12.4. The fourth-order valence-corrected chi connectivity index (χ4v) is 3.01. The van der Waals surface area contributed by atoms with Crippen LogP contribution in [-0.2, 0) is 19.1 Å². The number of hydrogen-bond donors (Lipinski definition) is 5. The van der Waals surface area contributed by atoms with Crippen LogP contribution >= 0.6 is 28.4 Å². The summed E-state index contributed by atoms with van der Waals surface area (Å²) < 4.78 is 9.16. The fourth-order valence-electron chi connectivity index (χ4n) is 2.06. The summed E-state index contributed by atoms with van der Waals surface area (Å²) in [5.74, 6) is -1.15. The van der Waals surface area contributed by atoms with Gasteiger partial charge in [-0.05, 0) is 62.7 Å². The topological polar surface area (TPSA) is 147 Å². The van der Waals surface area contributed by atoms with Crippen molar-refractivity contribution in [3.05, 3.63) is 0 Å². The second-order valence-electron chi connectivity index (χ2n) is 6.93. The molecule has 0 saturated heterocycles. The van der Waals surface area contributed by atoms with E-state index in [0.717, 1.165) is 0 Å². The highest BCUT2D eigenvalue weighted by Gasteiger charge is 2.23. The molecule has 12 heteroatoms. The Morgan fingerprint density at radius 2 is 1.86 bits per heavy atom. The first-order chi connectivity index (χ1) is 13.1. The molecule has 162 valence electrons. The van der Waals surface area contributed by atoms with Crippen LogP contribution in [0.25, 0.3) is 0 Å². The van der Waals surface area contributed by atoms with Crippen molar-refractivity contribution in [2.45, 2.75) is 51.7 Å². The highest BCUT2D eigenvalue weighted by molar-refractivity contribution is 14.2. The molecule has 6 N–H and O–H groups in total. The van der Waals surface area contributed by atoms with E-state index >= 15 is 0 Å². The second kappa shape index (κ2) is 14.7. The second-order valence-corrected chi connectivity index (χ2v) is 8.77. The summed E-state index contributed by atoms with van der Waals surface area (Å²) in [7, 11) is 1.78. The first kappa shape index (κ1) is 26.8. The quantitative estimate of drug-likeness (QED) is 0.0460. The van der Waals surface area contributed by atoms with E-state index < -0.39 is 29.9 Å². The molecular weight excluding hydrogens is 498 g/mol. The summed E-state index contributed by atoms with van der Waals surface area (Å²) in [6.07, 6.45) is 0.859. The van der Waals surface area contributed by atoms with Gasteiger partial charge >= 0.3 is 5.97 Å². The van der Waals surface area contributed by atoms with Crippen LogP contribution in [0.5, 0.6) is 0 Å². The molecule has 0 aromatic heterocycles. The van der Waals surface area contributed by atoms with Crippen molar-refractivity contribution in [1.82, 2.24) is 21.3 Å². The van der Waals surface area contributed by atoms with Gasteiger partial charge in [-0.25, -0.2) is 4.76 Å². The predicted molar refractivity (Wildman–Crippen MR) is 121 cm³/mol. The number of halogens is 1. The van der Waals surface area contributed by atoms with Crippen molar-refractivity contribution in [3.63, 3.8) is 0 Å². The predicted octanol–water partition coefficient (Wildman–Crippen LogP) is 0.167. The molecular formula is C16H32IN6O4P. The van der Waals surface area contributed by atoms with E-state index in [4.69, 9.17) is 10.5 Å². The molecule has 1 unspecified atom stereocenters.